The summed E-state index contributed by atoms with van der Waals surface area (Å²) in [4.78, 5) is 13.5. The first kappa shape index (κ1) is 13.3. The summed E-state index contributed by atoms with van der Waals surface area (Å²) in [6.45, 7) is 5.76. The molecule has 2 N–H and O–H groups in total. The third-order valence-corrected chi connectivity index (χ3v) is 4.30. The number of carbonyl (C=O) groups excluding carboxylic acids is 1. The van der Waals surface area contributed by atoms with E-state index in [1.54, 1.807) is 6.92 Å². The number of aryl methyl sites for hydroxylation is 1. The number of nitrogens with zero attached hydrogens (tertiary/aromatic N) is 1. The zero-order chi connectivity index (χ0) is 14.1. The zero-order valence-corrected chi connectivity index (χ0v) is 12.3. The molecule has 0 bridgehead atoms. The van der Waals surface area contributed by atoms with E-state index in [1.807, 2.05) is 0 Å². The van der Waals surface area contributed by atoms with Crippen LogP contribution in [0.1, 0.15) is 32.3 Å². The van der Waals surface area contributed by atoms with Crippen LogP contribution >= 0.6 is 0 Å². The summed E-state index contributed by atoms with van der Waals surface area (Å²) in [5.74, 6) is 0.0699. The van der Waals surface area contributed by atoms with Gasteiger partial charge in [0.1, 0.15) is 0 Å². The number of rotatable bonds is 2. The average Bonchev–Trinajstić information content (AvgIpc) is 2.85. The Morgan fingerprint density at radius 3 is 3.05 bits per heavy atom. The molecule has 108 valence electrons. The smallest absolute Gasteiger partial charge is 0.217 e. The molecule has 0 radical (unpaired) electrons. The molecule has 1 fully saturated rings. The van der Waals surface area contributed by atoms with Gasteiger partial charge in [0.15, 0.2) is 0 Å². The molecule has 4 nitrogen and oxygen atoms in total. The third kappa shape index (κ3) is 2.74. The number of nitrogens with one attached hydrogen (secondary N) is 2. The Hall–Kier alpha value is -1.71. The number of carbonyl (C=O) groups is 1. The molecule has 4 heteroatoms. The first-order valence-corrected chi connectivity index (χ1v) is 7.53. The molecular formula is C16H23N3O. The lowest BCUT2D eigenvalue weighted by Crippen LogP contribution is -2.35. The van der Waals surface area contributed by atoms with Crippen LogP contribution in [0.4, 0.5) is 11.4 Å². The fourth-order valence-electron chi connectivity index (χ4n) is 3.23. The van der Waals surface area contributed by atoms with Crippen LogP contribution < -0.4 is 15.5 Å². The quantitative estimate of drug-likeness (QED) is 0.868. The largest absolute Gasteiger partial charge is 0.382 e. The number of fused-ring (bicyclic) bond motifs is 1. The number of hydrogen-bond acceptors (Lipinski definition) is 3. The Balaban J connectivity index is 1.71. The maximum absolute atomic E-state index is 11.1. The highest BCUT2D eigenvalue weighted by Crippen LogP contribution is 2.30. The number of hydrogen-bond donors (Lipinski definition) is 2. The summed E-state index contributed by atoms with van der Waals surface area (Å²) in [6, 6.07) is 7.57. The number of amides is 1. The van der Waals surface area contributed by atoms with Gasteiger partial charge in [-0.15, -0.1) is 0 Å². The maximum atomic E-state index is 11.1. The Morgan fingerprint density at radius 1 is 1.40 bits per heavy atom. The molecule has 0 saturated carbocycles. The van der Waals surface area contributed by atoms with Gasteiger partial charge in [-0.05, 0) is 49.9 Å². The van der Waals surface area contributed by atoms with Crippen molar-refractivity contribution in [2.45, 2.75) is 45.2 Å². The van der Waals surface area contributed by atoms with E-state index >= 15 is 0 Å². The van der Waals surface area contributed by atoms with Crippen LogP contribution in [-0.2, 0) is 11.2 Å². The van der Waals surface area contributed by atoms with Crippen molar-refractivity contribution in [2.24, 2.45) is 0 Å². The predicted octanol–water partition coefficient (Wildman–Crippen LogP) is 2.15. The van der Waals surface area contributed by atoms with Crippen molar-refractivity contribution in [2.75, 3.05) is 23.3 Å². The van der Waals surface area contributed by atoms with Crippen molar-refractivity contribution in [1.82, 2.24) is 5.32 Å². The van der Waals surface area contributed by atoms with Gasteiger partial charge >= 0.3 is 0 Å². The van der Waals surface area contributed by atoms with Gasteiger partial charge in [0, 0.05) is 43.5 Å². The maximum Gasteiger partial charge on any atom is 0.217 e. The highest BCUT2D eigenvalue weighted by atomic mass is 16.1. The second-order valence-corrected chi connectivity index (χ2v) is 6.06. The summed E-state index contributed by atoms with van der Waals surface area (Å²) in [7, 11) is 0. The molecule has 2 aliphatic heterocycles. The minimum atomic E-state index is 0.0699. The number of anilines is 2. The van der Waals surface area contributed by atoms with Crippen LogP contribution in [0.3, 0.4) is 0 Å². The van der Waals surface area contributed by atoms with E-state index in [1.165, 1.54) is 23.4 Å². The minimum absolute atomic E-state index is 0.0699. The molecule has 2 atom stereocenters. The molecule has 1 saturated heterocycles. The van der Waals surface area contributed by atoms with E-state index < -0.39 is 0 Å². The summed E-state index contributed by atoms with van der Waals surface area (Å²) in [6.07, 6.45) is 3.39. The Kier molecular flexibility index (Phi) is 3.55. The molecule has 2 heterocycles. The van der Waals surface area contributed by atoms with Crippen molar-refractivity contribution >= 4 is 17.3 Å². The second-order valence-electron chi connectivity index (χ2n) is 6.06. The van der Waals surface area contributed by atoms with Gasteiger partial charge in [0.2, 0.25) is 5.91 Å². The van der Waals surface area contributed by atoms with E-state index in [0.29, 0.717) is 12.1 Å². The van der Waals surface area contributed by atoms with Crippen LogP contribution in [0, 0.1) is 0 Å². The van der Waals surface area contributed by atoms with Gasteiger partial charge < -0.3 is 15.5 Å². The van der Waals surface area contributed by atoms with Crippen molar-refractivity contribution in [3.8, 4) is 0 Å². The lowest BCUT2D eigenvalue weighted by molar-refractivity contribution is -0.119. The SMILES string of the molecule is CC(=O)NC1CCN(c2ccc3c(c2)CCC(C)N3)C1. The Bertz CT molecular complexity index is 514. The lowest BCUT2D eigenvalue weighted by Gasteiger charge is -2.26. The summed E-state index contributed by atoms with van der Waals surface area (Å²) >= 11 is 0. The predicted molar refractivity (Wildman–Crippen MR) is 82.3 cm³/mol. The number of benzene rings is 1. The van der Waals surface area contributed by atoms with E-state index in [2.05, 4.69) is 40.7 Å². The fraction of sp³-hybridized carbons (Fsp3) is 0.562. The van der Waals surface area contributed by atoms with E-state index in [-0.39, 0.29) is 5.91 Å². The third-order valence-electron chi connectivity index (χ3n) is 4.30. The molecule has 3 rings (SSSR count). The molecule has 1 aromatic rings. The minimum Gasteiger partial charge on any atom is -0.382 e. The monoisotopic (exact) mass is 273 g/mol. The van der Waals surface area contributed by atoms with E-state index in [9.17, 15) is 4.79 Å². The second kappa shape index (κ2) is 5.35. The molecule has 1 amide bonds. The average molecular weight is 273 g/mol. The Labute approximate surface area is 120 Å². The highest BCUT2D eigenvalue weighted by molar-refractivity contribution is 5.73. The van der Waals surface area contributed by atoms with Gasteiger partial charge in [0.05, 0.1) is 0 Å². The van der Waals surface area contributed by atoms with E-state index in [0.717, 1.165) is 25.9 Å². The van der Waals surface area contributed by atoms with Crippen LogP contribution in [0.5, 0.6) is 0 Å². The normalized spacial score (nSPS) is 25.0. The van der Waals surface area contributed by atoms with Crippen molar-refractivity contribution in [3.05, 3.63) is 23.8 Å². The van der Waals surface area contributed by atoms with Crippen LogP contribution in [0.25, 0.3) is 0 Å². The molecule has 2 aliphatic rings. The first-order valence-electron chi connectivity index (χ1n) is 7.53. The molecule has 1 aromatic carbocycles. The van der Waals surface area contributed by atoms with Crippen LogP contribution in [0.15, 0.2) is 18.2 Å². The topological polar surface area (TPSA) is 44.4 Å². The van der Waals surface area contributed by atoms with Gasteiger partial charge in [-0.3, -0.25) is 4.79 Å². The van der Waals surface area contributed by atoms with Gasteiger partial charge in [-0.2, -0.15) is 0 Å². The highest BCUT2D eigenvalue weighted by Gasteiger charge is 2.24. The van der Waals surface area contributed by atoms with Crippen LogP contribution in [0.2, 0.25) is 0 Å². The van der Waals surface area contributed by atoms with Gasteiger partial charge in [-0.25, -0.2) is 0 Å². The molecule has 2 unspecified atom stereocenters. The molecule has 20 heavy (non-hydrogen) atoms. The van der Waals surface area contributed by atoms with Crippen molar-refractivity contribution in [3.63, 3.8) is 0 Å². The molecule has 0 spiro atoms. The standard InChI is InChI=1S/C16H23N3O/c1-11-3-4-13-9-15(5-6-16(13)17-11)19-8-7-14(10-19)18-12(2)20/h5-6,9,11,14,17H,3-4,7-8,10H2,1-2H3,(H,18,20). The lowest BCUT2D eigenvalue weighted by atomic mass is 9.98. The molecule has 0 aliphatic carbocycles. The Morgan fingerprint density at radius 2 is 2.25 bits per heavy atom. The van der Waals surface area contributed by atoms with Gasteiger partial charge in [-0.1, -0.05) is 0 Å². The van der Waals surface area contributed by atoms with Crippen molar-refractivity contribution in [1.29, 1.82) is 0 Å². The summed E-state index contributed by atoms with van der Waals surface area (Å²) in [5.41, 5.74) is 3.99. The summed E-state index contributed by atoms with van der Waals surface area (Å²) in [5, 5.41) is 6.55. The summed E-state index contributed by atoms with van der Waals surface area (Å²) < 4.78 is 0. The van der Waals surface area contributed by atoms with Crippen LogP contribution in [-0.4, -0.2) is 31.1 Å². The molecular weight excluding hydrogens is 250 g/mol. The van der Waals surface area contributed by atoms with Crippen molar-refractivity contribution < 1.29 is 4.79 Å². The zero-order valence-electron chi connectivity index (χ0n) is 12.3. The molecule has 0 aromatic heterocycles. The van der Waals surface area contributed by atoms with E-state index in [4.69, 9.17) is 0 Å². The first-order chi connectivity index (χ1) is 9.61. The fourth-order valence-corrected chi connectivity index (χ4v) is 3.23. The van der Waals surface area contributed by atoms with Gasteiger partial charge in [0.25, 0.3) is 0 Å².